The molecular formula is C31H61NO2. The summed E-state index contributed by atoms with van der Waals surface area (Å²) in [5.74, 6) is 0. The summed E-state index contributed by atoms with van der Waals surface area (Å²) < 4.78 is 12.4. The molecule has 0 aliphatic carbocycles. The van der Waals surface area contributed by atoms with Gasteiger partial charge in [0.15, 0.2) is 0 Å². The minimum atomic E-state index is 0.274. The first-order valence-corrected chi connectivity index (χ1v) is 15.3. The number of allylic oxidation sites excluding steroid dienone is 2. The van der Waals surface area contributed by atoms with Gasteiger partial charge in [0.05, 0.1) is 12.2 Å². The van der Waals surface area contributed by atoms with E-state index in [1.54, 1.807) is 0 Å². The van der Waals surface area contributed by atoms with Gasteiger partial charge in [-0.2, -0.15) is 0 Å². The van der Waals surface area contributed by atoms with Gasteiger partial charge in [0, 0.05) is 26.3 Å². The van der Waals surface area contributed by atoms with Gasteiger partial charge in [-0.3, -0.25) is 0 Å². The molecule has 0 N–H and O–H groups in total. The average Bonchev–Trinajstić information content (AvgIpc) is 3.19. The summed E-state index contributed by atoms with van der Waals surface area (Å²) in [5, 5.41) is 0. The lowest BCUT2D eigenvalue weighted by atomic mass is 10.1. The molecule has 1 aliphatic heterocycles. The van der Waals surface area contributed by atoms with Gasteiger partial charge in [0.25, 0.3) is 0 Å². The van der Waals surface area contributed by atoms with Gasteiger partial charge in [-0.05, 0) is 45.6 Å². The molecular weight excluding hydrogens is 418 g/mol. The second-order valence-electron chi connectivity index (χ2n) is 10.7. The van der Waals surface area contributed by atoms with Crippen LogP contribution in [0.4, 0.5) is 0 Å². The van der Waals surface area contributed by atoms with Gasteiger partial charge >= 0.3 is 0 Å². The fourth-order valence-electron chi connectivity index (χ4n) is 4.95. The van der Waals surface area contributed by atoms with E-state index in [4.69, 9.17) is 9.47 Å². The maximum absolute atomic E-state index is 6.24. The monoisotopic (exact) mass is 479 g/mol. The molecule has 0 radical (unpaired) electrons. The Bertz CT molecular complexity index is 439. The van der Waals surface area contributed by atoms with E-state index in [1.807, 2.05) is 0 Å². The van der Waals surface area contributed by atoms with E-state index >= 15 is 0 Å². The van der Waals surface area contributed by atoms with Crippen LogP contribution in [0.1, 0.15) is 142 Å². The van der Waals surface area contributed by atoms with Gasteiger partial charge < -0.3 is 14.4 Å². The Morgan fingerprint density at radius 2 is 0.882 bits per heavy atom. The first kappa shape index (κ1) is 31.6. The van der Waals surface area contributed by atoms with Gasteiger partial charge in [-0.1, -0.05) is 116 Å². The molecule has 1 unspecified atom stereocenters. The van der Waals surface area contributed by atoms with Gasteiger partial charge in [-0.25, -0.2) is 0 Å². The molecule has 2 atom stereocenters. The van der Waals surface area contributed by atoms with Crippen molar-refractivity contribution in [3.63, 3.8) is 0 Å². The van der Waals surface area contributed by atoms with E-state index in [2.05, 4.69) is 37.9 Å². The molecule has 0 aromatic carbocycles. The second-order valence-corrected chi connectivity index (χ2v) is 10.7. The zero-order valence-corrected chi connectivity index (χ0v) is 23.5. The van der Waals surface area contributed by atoms with Crippen molar-refractivity contribution in [1.82, 2.24) is 4.90 Å². The van der Waals surface area contributed by atoms with Gasteiger partial charge in [0.2, 0.25) is 0 Å². The highest BCUT2D eigenvalue weighted by molar-refractivity contribution is 4.84. The van der Waals surface area contributed by atoms with E-state index in [1.165, 1.54) is 128 Å². The number of hydrogen-bond donors (Lipinski definition) is 0. The van der Waals surface area contributed by atoms with Crippen molar-refractivity contribution in [2.24, 2.45) is 0 Å². The Morgan fingerprint density at radius 3 is 1.35 bits per heavy atom. The minimum absolute atomic E-state index is 0.274. The Kier molecular flexibility index (Phi) is 22.6. The topological polar surface area (TPSA) is 21.7 Å². The second kappa shape index (κ2) is 24.3. The maximum atomic E-state index is 6.24. The largest absolute Gasteiger partial charge is 0.374 e. The predicted molar refractivity (Wildman–Crippen MR) is 150 cm³/mol. The molecule has 0 amide bonds. The predicted octanol–water partition coefficient (Wildman–Crippen LogP) is 9.10. The molecule has 0 bridgehead atoms. The SMILES string of the molecule is CCCCCC=CCCCCCCCCCCCOC1CN(C)C[C@H]1OCCCCCCCC. The molecule has 3 nitrogen and oxygen atoms in total. The highest BCUT2D eigenvalue weighted by Crippen LogP contribution is 2.17. The van der Waals surface area contributed by atoms with Crippen molar-refractivity contribution < 1.29 is 9.47 Å². The van der Waals surface area contributed by atoms with E-state index in [0.29, 0.717) is 0 Å². The van der Waals surface area contributed by atoms with Crippen molar-refractivity contribution in [3.05, 3.63) is 12.2 Å². The van der Waals surface area contributed by atoms with Gasteiger partial charge in [-0.15, -0.1) is 0 Å². The van der Waals surface area contributed by atoms with E-state index in [-0.39, 0.29) is 12.2 Å². The van der Waals surface area contributed by atoms with Crippen LogP contribution in [0.15, 0.2) is 12.2 Å². The zero-order valence-electron chi connectivity index (χ0n) is 23.5. The fraction of sp³-hybridized carbons (Fsp3) is 0.935. The van der Waals surface area contributed by atoms with Crippen LogP contribution in [-0.4, -0.2) is 50.5 Å². The quantitative estimate of drug-likeness (QED) is 0.0962. The number of rotatable bonds is 25. The van der Waals surface area contributed by atoms with Crippen LogP contribution < -0.4 is 0 Å². The Hall–Kier alpha value is -0.380. The number of hydrogen-bond acceptors (Lipinski definition) is 3. The third kappa shape index (κ3) is 18.9. The van der Waals surface area contributed by atoms with Crippen molar-refractivity contribution in [2.75, 3.05) is 33.4 Å². The number of ether oxygens (including phenoxy) is 2. The summed E-state index contributed by atoms with van der Waals surface area (Å²) in [5.41, 5.74) is 0. The first-order valence-electron chi connectivity index (χ1n) is 15.3. The van der Waals surface area contributed by atoms with Crippen LogP contribution in [0, 0.1) is 0 Å². The molecule has 1 heterocycles. The Morgan fingerprint density at radius 1 is 0.529 bits per heavy atom. The molecule has 0 saturated carbocycles. The lowest BCUT2D eigenvalue weighted by molar-refractivity contribution is -0.0481. The van der Waals surface area contributed by atoms with Gasteiger partial charge in [0.1, 0.15) is 0 Å². The average molecular weight is 480 g/mol. The van der Waals surface area contributed by atoms with Crippen LogP contribution >= 0.6 is 0 Å². The van der Waals surface area contributed by atoms with Crippen molar-refractivity contribution >= 4 is 0 Å². The molecule has 1 rings (SSSR count). The highest BCUT2D eigenvalue weighted by atomic mass is 16.5. The number of nitrogens with zero attached hydrogens (tertiary/aromatic N) is 1. The smallest absolute Gasteiger partial charge is 0.0975 e. The molecule has 3 heteroatoms. The summed E-state index contributed by atoms with van der Waals surface area (Å²) >= 11 is 0. The summed E-state index contributed by atoms with van der Waals surface area (Å²) in [4.78, 5) is 2.36. The normalized spacial score (nSPS) is 19.0. The third-order valence-corrected chi connectivity index (χ3v) is 7.22. The standard InChI is InChI=1S/C31H61NO2/c1-4-6-8-10-12-13-14-15-16-17-18-19-20-21-23-25-27-34-31-29-32(3)28-30(31)33-26-24-22-11-9-7-5-2/h12-13,30-31H,4-11,14-29H2,1-3H3/t30-,31?/m1/s1. The Balaban J connectivity index is 1.87. The first-order chi connectivity index (χ1) is 16.8. The minimum Gasteiger partial charge on any atom is -0.374 e. The zero-order chi connectivity index (χ0) is 24.5. The fourth-order valence-corrected chi connectivity index (χ4v) is 4.95. The molecule has 0 spiro atoms. The molecule has 1 saturated heterocycles. The maximum Gasteiger partial charge on any atom is 0.0975 e. The number of likely N-dealkylation sites (N-methyl/N-ethyl adjacent to an activating group) is 1. The molecule has 1 aliphatic rings. The van der Waals surface area contributed by atoms with E-state index in [0.717, 1.165) is 26.3 Å². The number of unbranched alkanes of at least 4 members (excludes halogenated alkanes) is 17. The van der Waals surface area contributed by atoms with Crippen LogP contribution in [0.25, 0.3) is 0 Å². The molecule has 1 fully saturated rings. The van der Waals surface area contributed by atoms with Crippen LogP contribution in [0.2, 0.25) is 0 Å². The summed E-state index contributed by atoms with van der Waals surface area (Å²) in [6, 6.07) is 0. The highest BCUT2D eigenvalue weighted by Gasteiger charge is 2.32. The van der Waals surface area contributed by atoms with E-state index < -0.39 is 0 Å². The molecule has 202 valence electrons. The van der Waals surface area contributed by atoms with E-state index in [9.17, 15) is 0 Å². The van der Waals surface area contributed by atoms with Crippen molar-refractivity contribution in [2.45, 2.75) is 154 Å². The lowest BCUT2D eigenvalue weighted by Gasteiger charge is -2.20. The number of likely N-dealkylation sites (tertiary alicyclic amines) is 1. The summed E-state index contributed by atoms with van der Waals surface area (Å²) in [7, 11) is 2.19. The summed E-state index contributed by atoms with van der Waals surface area (Å²) in [6.07, 6.45) is 32.3. The third-order valence-electron chi connectivity index (χ3n) is 7.22. The lowest BCUT2D eigenvalue weighted by Crippen LogP contribution is -2.30. The summed E-state index contributed by atoms with van der Waals surface area (Å²) in [6.45, 7) is 8.40. The van der Waals surface area contributed by atoms with Crippen LogP contribution in [-0.2, 0) is 9.47 Å². The van der Waals surface area contributed by atoms with Crippen molar-refractivity contribution in [1.29, 1.82) is 0 Å². The van der Waals surface area contributed by atoms with Crippen LogP contribution in [0.5, 0.6) is 0 Å². The van der Waals surface area contributed by atoms with Crippen molar-refractivity contribution in [3.8, 4) is 0 Å². The Labute approximate surface area is 214 Å². The molecule has 0 aromatic rings. The molecule has 34 heavy (non-hydrogen) atoms. The van der Waals surface area contributed by atoms with Crippen LogP contribution in [0.3, 0.4) is 0 Å². The molecule has 0 aromatic heterocycles.